The summed E-state index contributed by atoms with van der Waals surface area (Å²) in [7, 11) is 1.70. The normalized spacial score (nSPS) is 45.0. The van der Waals surface area contributed by atoms with E-state index in [-0.39, 0.29) is 21.7 Å². The molecule has 0 aromatic heterocycles. The average Bonchev–Trinajstić information content (AvgIpc) is 3.35. The molecule has 1 aromatic carbocycles. The van der Waals surface area contributed by atoms with Crippen LogP contribution in [0.25, 0.3) is 0 Å². The Bertz CT molecular complexity index is 1240. The third kappa shape index (κ3) is 3.99. The molecule has 5 fully saturated rings. The number of aliphatic carboxylic acids is 1. The van der Waals surface area contributed by atoms with Crippen LogP contribution in [0.15, 0.2) is 29.4 Å². The van der Waals surface area contributed by atoms with Gasteiger partial charge in [0.1, 0.15) is 5.75 Å². The van der Waals surface area contributed by atoms with Crippen molar-refractivity contribution in [3.05, 3.63) is 24.3 Å². The molecule has 0 heterocycles. The molecule has 42 heavy (non-hydrogen) atoms. The number of ether oxygens (including phenoxy) is 1. The highest BCUT2D eigenvalue weighted by molar-refractivity contribution is 5.91. The minimum absolute atomic E-state index is 0.0325. The smallest absolute Gasteiger partial charge is 0.309 e. The first-order valence-electron chi connectivity index (χ1n) is 16.9. The molecule has 2 N–H and O–H groups in total. The highest BCUT2D eigenvalue weighted by atomic mass is 16.5. The summed E-state index contributed by atoms with van der Waals surface area (Å²) in [4.78, 5) is 13.0. The number of nitrogens with zero attached hydrogens (tertiary/aromatic N) is 1. The Labute approximate surface area is 254 Å². The maximum Gasteiger partial charge on any atom is 0.309 e. The zero-order valence-corrected chi connectivity index (χ0v) is 27.6. The van der Waals surface area contributed by atoms with Crippen LogP contribution in [-0.4, -0.2) is 23.9 Å². The van der Waals surface area contributed by atoms with E-state index in [2.05, 4.69) is 53.9 Å². The number of hydrogen-bond acceptors (Lipinski definition) is 4. The number of carboxylic acids is 1. The van der Waals surface area contributed by atoms with E-state index in [4.69, 9.17) is 9.84 Å². The van der Waals surface area contributed by atoms with E-state index in [0.717, 1.165) is 43.5 Å². The first-order valence-corrected chi connectivity index (χ1v) is 16.9. The van der Waals surface area contributed by atoms with Gasteiger partial charge < -0.3 is 9.84 Å². The molecule has 0 radical (unpaired) electrons. The zero-order chi connectivity index (χ0) is 30.3. The number of anilines is 1. The quantitative estimate of drug-likeness (QED) is 0.343. The monoisotopic (exact) mass is 576 g/mol. The Morgan fingerprint density at radius 1 is 0.905 bits per heavy atom. The van der Waals surface area contributed by atoms with E-state index < -0.39 is 11.4 Å². The molecule has 0 spiro atoms. The molecule has 5 heteroatoms. The molecule has 5 aliphatic rings. The van der Waals surface area contributed by atoms with Crippen molar-refractivity contribution in [2.24, 2.45) is 67.7 Å². The zero-order valence-electron chi connectivity index (χ0n) is 27.6. The largest absolute Gasteiger partial charge is 0.497 e. The van der Waals surface area contributed by atoms with Gasteiger partial charge in [0, 0.05) is 11.1 Å². The molecule has 232 valence electrons. The van der Waals surface area contributed by atoms with Crippen molar-refractivity contribution in [3.8, 4) is 5.75 Å². The molecular weight excluding hydrogens is 520 g/mol. The van der Waals surface area contributed by atoms with Crippen LogP contribution in [0.5, 0.6) is 5.75 Å². The fourth-order valence-electron chi connectivity index (χ4n) is 12.6. The van der Waals surface area contributed by atoms with Gasteiger partial charge in [-0.2, -0.15) is 5.10 Å². The molecule has 0 saturated heterocycles. The molecule has 5 saturated carbocycles. The van der Waals surface area contributed by atoms with Crippen LogP contribution in [0.3, 0.4) is 0 Å². The van der Waals surface area contributed by atoms with Gasteiger partial charge in [-0.25, -0.2) is 0 Å². The molecule has 5 nitrogen and oxygen atoms in total. The second-order valence-corrected chi connectivity index (χ2v) is 16.7. The van der Waals surface area contributed by atoms with E-state index in [0.29, 0.717) is 35.5 Å². The summed E-state index contributed by atoms with van der Waals surface area (Å²) in [6.45, 7) is 17.5. The van der Waals surface area contributed by atoms with Crippen LogP contribution in [0.1, 0.15) is 113 Å². The number of rotatable bonds is 5. The van der Waals surface area contributed by atoms with E-state index >= 15 is 0 Å². The lowest BCUT2D eigenvalue weighted by molar-refractivity contribution is -0.232. The fourth-order valence-corrected chi connectivity index (χ4v) is 12.6. The summed E-state index contributed by atoms with van der Waals surface area (Å²) in [5.41, 5.74) is 5.95. The van der Waals surface area contributed by atoms with Crippen molar-refractivity contribution in [1.29, 1.82) is 0 Å². The van der Waals surface area contributed by atoms with E-state index in [9.17, 15) is 9.90 Å². The van der Waals surface area contributed by atoms with Gasteiger partial charge in [-0.1, -0.05) is 48.5 Å². The van der Waals surface area contributed by atoms with Gasteiger partial charge in [-0.15, -0.1) is 0 Å². The van der Waals surface area contributed by atoms with Crippen molar-refractivity contribution in [2.75, 3.05) is 12.5 Å². The summed E-state index contributed by atoms with van der Waals surface area (Å²) in [6.07, 6.45) is 11.2. The van der Waals surface area contributed by atoms with Crippen LogP contribution in [0.4, 0.5) is 5.69 Å². The van der Waals surface area contributed by atoms with Crippen LogP contribution >= 0.6 is 0 Å². The van der Waals surface area contributed by atoms with Gasteiger partial charge in [-0.05, 0) is 140 Å². The number of hydrazone groups is 1. The van der Waals surface area contributed by atoms with Gasteiger partial charge in [0.25, 0.3) is 0 Å². The lowest BCUT2D eigenvalue weighted by Crippen LogP contribution is -2.66. The van der Waals surface area contributed by atoms with Crippen molar-refractivity contribution < 1.29 is 14.6 Å². The summed E-state index contributed by atoms with van der Waals surface area (Å²) in [6, 6.07) is 8.02. The predicted octanol–water partition coefficient (Wildman–Crippen LogP) is 9.29. The highest BCUT2D eigenvalue weighted by Crippen LogP contribution is 2.77. The second-order valence-electron chi connectivity index (χ2n) is 16.7. The SMILES string of the molecule is COc1ccc(N/N=C2\CC[C@@]3(C)C(CC[C@]4(C)C3CCC3C5[C@H](C(C)C)CC[C@]5(C(=O)O)CC[C@]34C)C2(C)C)cc1. The number of hydrogen-bond donors (Lipinski definition) is 2. The topological polar surface area (TPSA) is 70.9 Å². The number of carbonyl (C=O) groups is 1. The minimum atomic E-state index is -0.496. The summed E-state index contributed by atoms with van der Waals surface area (Å²) in [5, 5.41) is 15.7. The van der Waals surface area contributed by atoms with Crippen molar-refractivity contribution in [1.82, 2.24) is 0 Å². The number of carboxylic acid groups (broad SMARTS) is 1. The van der Waals surface area contributed by atoms with Crippen molar-refractivity contribution in [2.45, 2.75) is 113 Å². The van der Waals surface area contributed by atoms with E-state index in [1.165, 1.54) is 37.8 Å². The fraction of sp³-hybridized carbons (Fsp3) is 0.784. The summed E-state index contributed by atoms with van der Waals surface area (Å²) < 4.78 is 5.32. The molecule has 9 atom stereocenters. The molecule has 0 aliphatic heterocycles. The van der Waals surface area contributed by atoms with Crippen LogP contribution in [0.2, 0.25) is 0 Å². The standard InChI is InChI=1S/C37H56N2O3/c1-23(2)26-15-20-37(32(40)41)22-21-35(6)27(31(26)37)13-14-29-34(5)18-17-30(33(3,4)28(34)16-19-36(29,35)7)39-38-24-9-11-25(42-8)12-10-24/h9-12,23,26-29,31,38H,13-22H2,1-8H3,(H,40,41)/b39-30+/t26-,27?,28?,29?,31?,34-,35+,36+,37-/m0/s1. The molecule has 0 amide bonds. The Hall–Kier alpha value is -2.04. The number of fused-ring (bicyclic) bond motifs is 7. The van der Waals surface area contributed by atoms with E-state index in [1.807, 2.05) is 24.3 Å². The van der Waals surface area contributed by atoms with Crippen LogP contribution in [-0.2, 0) is 4.79 Å². The van der Waals surface area contributed by atoms with E-state index in [1.54, 1.807) is 7.11 Å². The summed E-state index contributed by atoms with van der Waals surface area (Å²) >= 11 is 0. The Morgan fingerprint density at radius 2 is 1.62 bits per heavy atom. The van der Waals surface area contributed by atoms with Gasteiger partial charge >= 0.3 is 5.97 Å². The Kier molecular flexibility index (Phi) is 7.14. The molecule has 0 bridgehead atoms. The third-order valence-electron chi connectivity index (χ3n) is 15.0. The average molecular weight is 577 g/mol. The lowest BCUT2D eigenvalue weighted by Gasteiger charge is -2.72. The number of methoxy groups -OCH3 is 1. The lowest BCUT2D eigenvalue weighted by atomic mass is 9.32. The number of benzene rings is 1. The summed E-state index contributed by atoms with van der Waals surface area (Å²) in [5.74, 6) is 3.61. The van der Waals surface area contributed by atoms with Gasteiger partial charge in [0.05, 0.1) is 18.2 Å². The second kappa shape index (κ2) is 9.99. The van der Waals surface area contributed by atoms with Gasteiger partial charge in [0.2, 0.25) is 0 Å². The predicted molar refractivity (Wildman–Crippen MR) is 171 cm³/mol. The van der Waals surface area contributed by atoms with Crippen LogP contribution < -0.4 is 10.2 Å². The Balaban J connectivity index is 1.29. The van der Waals surface area contributed by atoms with Gasteiger partial charge in [-0.3, -0.25) is 10.2 Å². The van der Waals surface area contributed by atoms with Crippen molar-refractivity contribution >= 4 is 17.4 Å². The number of nitrogens with one attached hydrogen (secondary N) is 1. The third-order valence-corrected chi connectivity index (χ3v) is 15.0. The minimum Gasteiger partial charge on any atom is -0.497 e. The molecule has 6 rings (SSSR count). The van der Waals surface area contributed by atoms with Gasteiger partial charge in [0.15, 0.2) is 0 Å². The molecule has 1 aromatic rings. The molecule has 5 aliphatic carbocycles. The molecule has 4 unspecified atom stereocenters. The highest BCUT2D eigenvalue weighted by Gasteiger charge is 2.72. The van der Waals surface area contributed by atoms with Crippen LogP contribution in [0, 0.1) is 62.6 Å². The molecular formula is C37H56N2O3. The maximum absolute atomic E-state index is 13.0. The van der Waals surface area contributed by atoms with Crippen molar-refractivity contribution in [3.63, 3.8) is 0 Å². The maximum atomic E-state index is 13.0. The first kappa shape index (κ1) is 30.0. The Morgan fingerprint density at radius 3 is 2.26 bits per heavy atom. The first-order chi connectivity index (χ1) is 19.7.